The van der Waals surface area contributed by atoms with E-state index in [0.29, 0.717) is 17.9 Å². The van der Waals surface area contributed by atoms with E-state index >= 15 is 0 Å². The van der Waals surface area contributed by atoms with Crippen molar-refractivity contribution in [3.8, 4) is 17.2 Å². The monoisotopic (exact) mass is 496 g/mol. The standard InChI is InChI=1S/C25H29N5O6/c1-5-16(14-10-11-18-19(12-14)36-13-35-18)26-20-21(25(34)30(6-2)28-23(20)32)27-17-9-7-8-15(22(17)31)24(33)29(3)4/h7-12,16,26-27,31H,5-6,13H2,1-4H3,(H,28,32)/p+1/t16-/m1/s1. The number of nitrogens with two attached hydrogens (primary N) is 1. The molecule has 0 spiro atoms. The summed E-state index contributed by atoms with van der Waals surface area (Å²) in [5.41, 5.74) is 2.36. The average Bonchev–Trinajstić information content (AvgIpc) is 3.34. The summed E-state index contributed by atoms with van der Waals surface area (Å²) in [6.45, 7) is 4.14. The number of primary amides is 1. The minimum Gasteiger partial charge on any atom is -0.505 e. The molecule has 11 nitrogen and oxygen atoms in total. The first-order valence-electron chi connectivity index (χ1n) is 11.7. The van der Waals surface area contributed by atoms with E-state index < -0.39 is 17.7 Å². The molecule has 0 aromatic heterocycles. The van der Waals surface area contributed by atoms with Gasteiger partial charge in [-0.15, -0.1) is 0 Å². The topological polar surface area (TPSA) is 137 Å². The Balaban J connectivity index is 1.73. The number of carbonyl (C=O) groups is 3. The molecule has 0 aliphatic carbocycles. The Bertz CT molecular complexity index is 1240. The predicted molar refractivity (Wildman–Crippen MR) is 130 cm³/mol. The van der Waals surface area contributed by atoms with Crippen LogP contribution >= 0.6 is 0 Å². The number of nitrogens with zero attached hydrogens (tertiary/aromatic N) is 2. The van der Waals surface area contributed by atoms with Crippen LogP contribution in [0, 0.1) is 0 Å². The van der Waals surface area contributed by atoms with Gasteiger partial charge in [-0.3, -0.25) is 9.59 Å². The van der Waals surface area contributed by atoms with Crippen LogP contribution in [0.3, 0.4) is 0 Å². The van der Waals surface area contributed by atoms with Crippen molar-refractivity contribution in [1.82, 2.24) is 15.2 Å². The summed E-state index contributed by atoms with van der Waals surface area (Å²) in [4.78, 5) is 40.3. The van der Waals surface area contributed by atoms with Crippen molar-refractivity contribution in [2.75, 3.05) is 32.7 Å². The number of ether oxygens (including phenoxy) is 2. The molecule has 0 radical (unpaired) electrons. The smallest absolute Gasteiger partial charge is 0.385 e. The van der Waals surface area contributed by atoms with Gasteiger partial charge in [0, 0.05) is 14.1 Å². The minimum absolute atomic E-state index is 0.0201. The van der Waals surface area contributed by atoms with Crippen LogP contribution < -0.4 is 25.5 Å². The number of nitrogens with one attached hydrogen (secondary N) is 2. The number of aromatic hydroxyl groups is 1. The number of phenols is 1. The van der Waals surface area contributed by atoms with Crippen LogP contribution in [0.2, 0.25) is 0 Å². The van der Waals surface area contributed by atoms with Crippen molar-refractivity contribution in [3.05, 3.63) is 58.9 Å². The minimum atomic E-state index is -0.441. The van der Waals surface area contributed by atoms with Gasteiger partial charge in [-0.05, 0) is 43.2 Å². The van der Waals surface area contributed by atoms with Gasteiger partial charge in [0.25, 0.3) is 5.91 Å². The van der Waals surface area contributed by atoms with Gasteiger partial charge in [-0.2, -0.15) is 10.4 Å². The summed E-state index contributed by atoms with van der Waals surface area (Å²) >= 11 is 0. The SMILES string of the molecule is CC[C@@H](NC1=C(Nc2cccc(C(=O)N(C)C)c2O)C(=O)N(CC)[NH2+]C1=O)c1ccc2c(c1)OCO2. The van der Waals surface area contributed by atoms with Crippen LogP contribution in [0.15, 0.2) is 47.8 Å². The number of phenolic OH excluding ortho intramolecular Hbond substituents is 1. The average molecular weight is 497 g/mol. The summed E-state index contributed by atoms with van der Waals surface area (Å²) in [5, 5.41) is 18.2. The highest BCUT2D eigenvalue weighted by atomic mass is 16.7. The summed E-state index contributed by atoms with van der Waals surface area (Å²) < 4.78 is 10.9. The highest BCUT2D eigenvalue weighted by Crippen LogP contribution is 2.35. The fourth-order valence-corrected chi connectivity index (χ4v) is 4.05. The van der Waals surface area contributed by atoms with Gasteiger partial charge in [0.1, 0.15) is 5.70 Å². The van der Waals surface area contributed by atoms with Gasteiger partial charge < -0.3 is 30.1 Å². The van der Waals surface area contributed by atoms with Gasteiger partial charge >= 0.3 is 11.8 Å². The summed E-state index contributed by atoms with van der Waals surface area (Å²) in [6.07, 6.45) is 0.605. The summed E-state index contributed by atoms with van der Waals surface area (Å²) in [6, 6.07) is 9.82. The van der Waals surface area contributed by atoms with Gasteiger partial charge in [-0.25, -0.2) is 4.79 Å². The molecule has 190 valence electrons. The normalized spacial score (nSPS) is 15.7. The van der Waals surface area contributed by atoms with Crippen LogP contribution in [0.5, 0.6) is 17.2 Å². The molecule has 2 aliphatic rings. The highest BCUT2D eigenvalue weighted by Gasteiger charge is 2.38. The molecule has 0 unspecified atom stereocenters. The second-order valence-corrected chi connectivity index (χ2v) is 8.58. The van der Waals surface area contributed by atoms with Crippen molar-refractivity contribution in [1.29, 1.82) is 0 Å². The van der Waals surface area contributed by atoms with Crippen LogP contribution in [0.1, 0.15) is 42.2 Å². The van der Waals surface area contributed by atoms with Gasteiger partial charge in [0.15, 0.2) is 22.9 Å². The van der Waals surface area contributed by atoms with Crippen LogP contribution in [0.4, 0.5) is 5.69 Å². The zero-order valence-corrected chi connectivity index (χ0v) is 20.6. The largest absolute Gasteiger partial charge is 0.505 e. The molecule has 0 bridgehead atoms. The van der Waals surface area contributed by atoms with E-state index in [-0.39, 0.29) is 47.8 Å². The van der Waals surface area contributed by atoms with E-state index in [1.54, 1.807) is 33.2 Å². The van der Waals surface area contributed by atoms with Crippen LogP contribution in [-0.4, -0.2) is 60.2 Å². The molecule has 4 rings (SSSR count). The quantitative estimate of drug-likeness (QED) is 0.242. The molecule has 0 saturated carbocycles. The molecule has 2 aromatic rings. The van der Waals surface area contributed by atoms with Crippen molar-refractivity contribution in [2.24, 2.45) is 0 Å². The van der Waals surface area contributed by atoms with Crippen molar-refractivity contribution < 1.29 is 34.4 Å². The third-order valence-corrected chi connectivity index (χ3v) is 6.04. The van der Waals surface area contributed by atoms with E-state index in [9.17, 15) is 19.5 Å². The lowest BCUT2D eigenvalue weighted by atomic mass is 10.0. The lowest BCUT2D eigenvalue weighted by Crippen LogP contribution is -3.00. The Morgan fingerprint density at radius 3 is 2.58 bits per heavy atom. The fraction of sp³-hybridized carbons (Fsp3) is 0.320. The maximum absolute atomic E-state index is 13.3. The molecule has 1 atom stereocenters. The fourth-order valence-electron chi connectivity index (χ4n) is 4.05. The number of para-hydroxylation sites is 1. The van der Waals surface area contributed by atoms with Crippen LogP contribution in [0.25, 0.3) is 0 Å². The number of likely N-dealkylation sites (N-methyl/N-ethyl adjacent to an activating group) is 1. The van der Waals surface area contributed by atoms with Gasteiger partial charge in [-0.1, -0.05) is 19.1 Å². The molecule has 36 heavy (non-hydrogen) atoms. The van der Waals surface area contributed by atoms with E-state index in [1.807, 2.05) is 19.1 Å². The molecular formula is C25H30N5O6+. The zero-order valence-electron chi connectivity index (χ0n) is 20.6. The van der Waals surface area contributed by atoms with E-state index in [0.717, 1.165) is 5.56 Å². The van der Waals surface area contributed by atoms with Crippen molar-refractivity contribution in [2.45, 2.75) is 26.3 Å². The maximum Gasteiger partial charge on any atom is 0.385 e. The Kier molecular flexibility index (Phi) is 7.02. The second kappa shape index (κ2) is 10.2. The van der Waals surface area contributed by atoms with Gasteiger partial charge in [0.2, 0.25) is 6.79 Å². The van der Waals surface area contributed by atoms with Gasteiger partial charge in [0.05, 0.1) is 23.8 Å². The van der Waals surface area contributed by atoms with Crippen molar-refractivity contribution >= 4 is 23.4 Å². The van der Waals surface area contributed by atoms with Crippen LogP contribution in [-0.2, 0) is 9.59 Å². The number of benzene rings is 2. The maximum atomic E-state index is 13.3. The first-order valence-corrected chi connectivity index (χ1v) is 11.7. The number of carbonyl (C=O) groups excluding carboxylic acids is 3. The number of amides is 3. The third kappa shape index (κ3) is 4.65. The first-order chi connectivity index (χ1) is 17.2. The molecule has 3 amide bonds. The second-order valence-electron chi connectivity index (χ2n) is 8.58. The highest BCUT2D eigenvalue weighted by molar-refractivity contribution is 6.06. The number of rotatable bonds is 8. The summed E-state index contributed by atoms with van der Waals surface area (Å²) in [7, 11) is 3.15. The first kappa shape index (κ1) is 24.9. The molecule has 2 aromatic carbocycles. The van der Waals surface area contributed by atoms with E-state index in [4.69, 9.17) is 9.47 Å². The molecule has 11 heteroatoms. The lowest BCUT2D eigenvalue weighted by molar-refractivity contribution is -0.708. The number of quaternary nitrogens is 1. The number of hydrogen-bond acceptors (Lipinski definition) is 8. The number of fused-ring (bicyclic) bond motifs is 1. The lowest BCUT2D eigenvalue weighted by Gasteiger charge is -2.29. The van der Waals surface area contributed by atoms with Crippen molar-refractivity contribution in [3.63, 3.8) is 0 Å². The third-order valence-electron chi connectivity index (χ3n) is 6.04. The number of hydrogen-bond donors (Lipinski definition) is 4. The molecule has 2 heterocycles. The Hall–Kier alpha value is -4.25. The Morgan fingerprint density at radius 1 is 1.14 bits per heavy atom. The molecular weight excluding hydrogens is 466 g/mol. The molecule has 0 saturated heterocycles. The Labute approximate surface area is 208 Å². The number of anilines is 1. The predicted octanol–water partition coefficient (Wildman–Crippen LogP) is 1.05. The summed E-state index contributed by atoms with van der Waals surface area (Å²) in [5.74, 6) is -0.284. The Morgan fingerprint density at radius 2 is 1.89 bits per heavy atom. The van der Waals surface area contributed by atoms with E-state index in [2.05, 4.69) is 10.6 Å². The molecule has 0 fully saturated rings. The van der Waals surface area contributed by atoms with E-state index in [1.165, 1.54) is 27.5 Å². The molecule has 5 N–H and O–H groups in total. The molecule has 2 aliphatic heterocycles. The zero-order chi connectivity index (χ0) is 26.0.